The van der Waals surface area contributed by atoms with E-state index in [-0.39, 0.29) is 5.92 Å². The number of hydrogen-bond acceptors (Lipinski definition) is 1. The van der Waals surface area contributed by atoms with Gasteiger partial charge in [0, 0.05) is 20.0 Å². The Kier molecular flexibility index (Phi) is 11.2. The number of nitrogens with zero attached hydrogens (tertiary/aromatic N) is 1. The predicted molar refractivity (Wildman–Crippen MR) is 79.7 cm³/mol. The number of hydrogen-bond donors (Lipinski definition) is 0. The lowest BCUT2D eigenvalue weighted by Gasteiger charge is -2.18. The molecule has 0 bridgehead atoms. The van der Waals surface area contributed by atoms with Gasteiger partial charge in [0.1, 0.15) is 0 Å². The van der Waals surface area contributed by atoms with Gasteiger partial charge in [0.05, 0.1) is 0 Å². The fourth-order valence-corrected chi connectivity index (χ4v) is 2.39. The van der Waals surface area contributed by atoms with Crippen molar-refractivity contribution >= 4 is 5.91 Å². The molecule has 0 radical (unpaired) electrons. The van der Waals surface area contributed by atoms with Crippen molar-refractivity contribution in [1.82, 2.24) is 4.90 Å². The van der Waals surface area contributed by atoms with E-state index in [2.05, 4.69) is 13.8 Å². The van der Waals surface area contributed by atoms with Crippen LogP contribution in [-0.4, -0.2) is 24.9 Å². The summed E-state index contributed by atoms with van der Waals surface area (Å²) in [6, 6.07) is 0. The van der Waals surface area contributed by atoms with Crippen molar-refractivity contribution in [2.45, 2.75) is 78.1 Å². The second-order valence-corrected chi connectivity index (χ2v) is 5.60. The maximum atomic E-state index is 11.8. The third kappa shape index (κ3) is 8.54. The lowest BCUT2D eigenvalue weighted by atomic mass is 9.96. The zero-order valence-corrected chi connectivity index (χ0v) is 13.0. The fourth-order valence-electron chi connectivity index (χ4n) is 2.39. The highest BCUT2D eigenvalue weighted by molar-refractivity contribution is 5.78. The lowest BCUT2D eigenvalue weighted by molar-refractivity contribution is -0.133. The number of unbranched alkanes of at least 4 members (excludes halogenated alkanes) is 7. The SMILES string of the molecule is CCCCCCCCCCC(CC)C(=O)N(C)C. The molecule has 2 heteroatoms. The molecule has 0 aromatic heterocycles. The van der Waals surface area contributed by atoms with Gasteiger partial charge in [-0.2, -0.15) is 0 Å². The molecule has 0 N–H and O–H groups in total. The van der Waals surface area contributed by atoms with Gasteiger partial charge in [0.2, 0.25) is 5.91 Å². The number of carbonyl (C=O) groups is 1. The van der Waals surface area contributed by atoms with Gasteiger partial charge in [-0.05, 0) is 12.8 Å². The van der Waals surface area contributed by atoms with Crippen LogP contribution in [0.1, 0.15) is 78.1 Å². The molecule has 18 heavy (non-hydrogen) atoms. The van der Waals surface area contributed by atoms with Crippen LogP contribution in [0.25, 0.3) is 0 Å². The Morgan fingerprint density at radius 1 is 0.889 bits per heavy atom. The minimum absolute atomic E-state index is 0.250. The highest BCUT2D eigenvalue weighted by Gasteiger charge is 2.17. The minimum Gasteiger partial charge on any atom is -0.349 e. The van der Waals surface area contributed by atoms with Gasteiger partial charge in [-0.25, -0.2) is 0 Å². The molecule has 1 atom stereocenters. The predicted octanol–water partition coefficient (Wildman–Crippen LogP) is 4.63. The van der Waals surface area contributed by atoms with Crippen molar-refractivity contribution < 1.29 is 4.79 Å². The number of carbonyl (C=O) groups excluding carboxylic acids is 1. The smallest absolute Gasteiger partial charge is 0.225 e. The zero-order valence-electron chi connectivity index (χ0n) is 13.0. The Morgan fingerprint density at radius 2 is 1.39 bits per heavy atom. The molecule has 0 fully saturated rings. The van der Waals surface area contributed by atoms with Gasteiger partial charge in [-0.3, -0.25) is 4.79 Å². The van der Waals surface area contributed by atoms with Gasteiger partial charge in [0.15, 0.2) is 0 Å². The van der Waals surface area contributed by atoms with E-state index >= 15 is 0 Å². The average molecular weight is 255 g/mol. The standard InChI is InChI=1S/C16H33NO/c1-5-7-8-9-10-11-12-13-14-15(6-2)16(18)17(3)4/h15H,5-14H2,1-4H3. The molecule has 0 aliphatic carbocycles. The highest BCUT2D eigenvalue weighted by Crippen LogP contribution is 2.17. The molecule has 0 saturated carbocycles. The van der Waals surface area contributed by atoms with Crippen LogP contribution >= 0.6 is 0 Å². The fraction of sp³-hybridized carbons (Fsp3) is 0.938. The second-order valence-electron chi connectivity index (χ2n) is 5.60. The molecule has 0 aromatic carbocycles. The van der Waals surface area contributed by atoms with E-state index < -0.39 is 0 Å². The summed E-state index contributed by atoms with van der Waals surface area (Å²) in [5.74, 6) is 0.556. The topological polar surface area (TPSA) is 20.3 Å². The molecule has 0 aromatic rings. The second kappa shape index (κ2) is 11.6. The molecular weight excluding hydrogens is 222 g/mol. The Labute approximate surface area is 114 Å². The van der Waals surface area contributed by atoms with Crippen molar-refractivity contribution in [1.29, 1.82) is 0 Å². The van der Waals surface area contributed by atoms with Gasteiger partial charge in [0.25, 0.3) is 0 Å². The van der Waals surface area contributed by atoms with Crippen molar-refractivity contribution in [3.05, 3.63) is 0 Å². The summed E-state index contributed by atoms with van der Waals surface area (Å²) < 4.78 is 0. The summed E-state index contributed by atoms with van der Waals surface area (Å²) in [4.78, 5) is 13.6. The van der Waals surface area contributed by atoms with E-state index in [1.54, 1.807) is 4.90 Å². The molecule has 108 valence electrons. The van der Waals surface area contributed by atoms with Gasteiger partial charge >= 0.3 is 0 Å². The van der Waals surface area contributed by atoms with E-state index in [9.17, 15) is 4.79 Å². The Hall–Kier alpha value is -0.530. The van der Waals surface area contributed by atoms with Crippen LogP contribution in [0, 0.1) is 5.92 Å². The normalized spacial score (nSPS) is 12.4. The molecule has 2 nitrogen and oxygen atoms in total. The van der Waals surface area contributed by atoms with Crippen LogP contribution in [0.15, 0.2) is 0 Å². The van der Waals surface area contributed by atoms with E-state index in [1.165, 1.54) is 51.4 Å². The Morgan fingerprint density at radius 3 is 1.83 bits per heavy atom. The first kappa shape index (κ1) is 17.5. The van der Waals surface area contributed by atoms with Crippen molar-refractivity contribution in [2.24, 2.45) is 5.92 Å². The van der Waals surface area contributed by atoms with E-state index in [4.69, 9.17) is 0 Å². The van der Waals surface area contributed by atoms with E-state index in [1.807, 2.05) is 14.1 Å². The Balaban J connectivity index is 3.48. The summed E-state index contributed by atoms with van der Waals surface area (Å²) in [5, 5.41) is 0. The summed E-state index contributed by atoms with van der Waals surface area (Å²) in [6.45, 7) is 4.38. The van der Waals surface area contributed by atoms with Gasteiger partial charge < -0.3 is 4.90 Å². The molecular formula is C16H33NO. The van der Waals surface area contributed by atoms with Crippen LogP contribution < -0.4 is 0 Å². The molecule has 0 saturated heterocycles. The highest BCUT2D eigenvalue weighted by atomic mass is 16.2. The quantitative estimate of drug-likeness (QED) is 0.493. The van der Waals surface area contributed by atoms with E-state index in [0.717, 1.165) is 12.8 Å². The minimum atomic E-state index is 0.250. The van der Waals surface area contributed by atoms with Crippen LogP contribution in [0.2, 0.25) is 0 Å². The van der Waals surface area contributed by atoms with Crippen LogP contribution in [0.3, 0.4) is 0 Å². The van der Waals surface area contributed by atoms with Crippen molar-refractivity contribution in [2.75, 3.05) is 14.1 Å². The lowest BCUT2D eigenvalue weighted by Crippen LogP contribution is -2.29. The third-order valence-electron chi connectivity index (χ3n) is 3.69. The maximum absolute atomic E-state index is 11.8. The average Bonchev–Trinajstić information content (AvgIpc) is 2.36. The summed E-state index contributed by atoms with van der Waals surface area (Å²) in [5.41, 5.74) is 0. The molecule has 1 unspecified atom stereocenters. The van der Waals surface area contributed by atoms with Crippen LogP contribution in [0.5, 0.6) is 0 Å². The molecule has 0 spiro atoms. The molecule has 0 aliphatic heterocycles. The number of amides is 1. The van der Waals surface area contributed by atoms with Crippen LogP contribution in [-0.2, 0) is 4.79 Å². The van der Waals surface area contributed by atoms with E-state index in [0.29, 0.717) is 5.91 Å². The first-order valence-electron chi connectivity index (χ1n) is 7.84. The van der Waals surface area contributed by atoms with Gasteiger partial charge in [-0.1, -0.05) is 65.2 Å². The zero-order chi connectivity index (χ0) is 13.8. The first-order chi connectivity index (χ1) is 8.63. The third-order valence-corrected chi connectivity index (χ3v) is 3.69. The molecule has 0 rings (SSSR count). The van der Waals surface area contributed by atoms with Crippen molar-refractivity contribution in [3.8, 4) is 0 Å². The molecule has 1 amide bonds. The largest absolute Gasteiger partial charge is 0.349 e. The molecule has 0 aliphatic rings. The Bertz CT molecular complexity index is 201. The maximum Gasteiger partial charge on any atom is 0.225 e. The van der Waals surface area contributed by atoms with Gasteiger partial charge in [-0.15, -0.1) is 0 Å². The monoisotopic (exact) mass is 255 g/mol. The number of rotatable bonds is 11. The summed E-state index contributed by atoms with van der Waals surface area (Å²) in [7, 11) is 3.72. The summed E-state index contributed by atoms with van der Waals surface area (Å²) in [6.07, 6.45) is 12.8. The van der Waals surface area contributed by atoms with Crippen LogP contribution in [0.4, 0.5) is 0 Å². The first-order valence-corrected chi connectivity index (χ1v) is 7.84. The molecule has 0 heterocycles. The van der Waals surface area contributed by atoms with Crippen molar-refractivity contribution in [3.63, 3.8) is 0 Å². The summed E-state index contributed by atoms with van der Waals surface area (Å²) >= 11 is 0.